The van der Waals surface area contributed by atoms with Crippen molar-refractivity contribution in [3.05, 3.63) is 63.0 Å². The Morgan fingerprint density at radius 1 is 0.939 bits per heavy atom. The van der Waals surface area contributed by atoms with E-state index in [4.69, 9.17) is 0 Å². The molecule has 0 unspecified atom stereocenters. The first kappa shape index (κ1) is 27.3. The van der Waals surface area contributed by atoms with Crippen molar-refractivity contribution >= 4 is 59.4 Å². The molecule has 1 atom stereocenters. The Hall–Kier alpha value is -1.91. The molecule has 0 aliphatic heterocycles. The van der Waals surface area contributed by atoms with E-state index in [2.05, 4.69) is 37.2 Å². The molecule has 2 amide bonds. The Labute approximate surface area is 212 Å². The van der Waals surface area contributed by atoms with Gasteiger partial charge < -0.3 is 10.2 Å². The molecule has 33 heavy (non-hydrogen) atoms. The Bertz CT molecular complexity index is 1060. The smallest absolute Gasteiger partial charge is 0.244 e. The van der Waals surface area contributed by atoms with E-state index in [1.807, 2.05) is 38.1 Å². The molecular weight excluding hydrogens is 574 g/mol. The fraction of sp³-hybridized carbons (Fsp3) is 0.391. The van der Waals surface area contributed by atoms with Crippen molar-refractivity contribution in [2.24, 2.45) is 5.92 Å². The molecule has 0 fully saturated rings. The standard InChI is InChI=1S/C23H29Br2N3O4S/c1-16(2)13-26-23(30)17(3)27(14-18-5-7-19(24)8-6-18)22(29)15-28(33(4,31)32)21-11-9-20(25)10-12-21/h5-12,16-17H,13-15H2,1-4H3,(H,26,30)/t17-/m1/s1. The maximum Gasteiger partial charge on any atom is 0.244 e. The van der Waals surface area contributed by atoms with Crippen LogP contribution in [0.25, 0.3) is 0 Å². The van der Waals surface area contributed by atoms with Gasteiger partial charge in [0, 0.05) is 22.0 Å². The zero-order valence-corrected chi connectivity index (χ0v) is 23.1. The molecule has 0 aliphatic rings. The van der Waals surface area contributed by atoms with Crippen molar-refractivity contribution in [2.75, 3.05) is 23.7 Å². The summed E-state index contributed by atoms with van der Waals surface area (Å²) in [5, 5.41) is 2.86. The van der Waals surface area contributed by atoms with Gasteiger partial charge in [-0.15, -0.1) is 0 Å². The maximum atomic E-state index is 13.4. The zero-order valence-electron chi connectivity index (χ0n) is 19.1. The minimum atomic E-state index is -3.74. The Balaban J connectivity index is 2.34. The highest BCUT2D eigenvalue weighted by Crippen LogP contribution is 2.22. The molecule has 2 aromatic rings. The van der Waals surface area contributed by atoms with Crippen LogP contribution in [0.15, 0.2) is 57.5 Å². The molecule has 0 spiro atoms. The van der Waals surface area contributed by atoms with Crippen molar-refractivity contribution in [3.8, 4) is 0 Å². The first-order chi connectivity index (χ1) is 15.4. The summed E-state index contributed by atoms with van der Waals surface area (Å²) in [7, 11) is -3.74. The van der Waals surface area contributed by atoms with Gasteiger partial charge in [0.15, 0.2) is 0 Å². The normalized spacial score (nSPS) is 12.3. The first-order valence-corrected chi connectivity index (χ1v) is 13.9. The molecule has 2 aromatic carbocycles. The second-order valence-electron chi connectivity index (χ2n) is 8.21. The average Bonchev–Trinajstić information content (AvgIpc) is 2.74. The van der Waals surface area contributed by atoms with Gasteiger partial charge in [0.25, 0.3) is 0 Å². The van der Waals surface area contributed by atoms with E-state index in [-0.39, 0.29) is 18.4 Å². The van der Waals surface area contributed by atoms with E-state index in [0.29, 0.717) is 12.2 Å². The lowest BCUT2D eigenvalue weighted by Gasteiger charge is -2.31. The number of nitrogens with one attached hydrogen (secondary N) is 1. The maximum absolute atomic E-state index is 13.4. The predicted molar refractivity (Wildman–Crippen MR) is 138 cm³/mol. The highest BCUT2D eigenvalue weighted by Gasteiger charge is 2.30. The fourth-order valence-corrected chi connectivity index (χ4v) is 4.42. The second-order valence-corrected chi connectivity index (χ2v) is 11.9. The number of halogens is 2. The summed E-state index contributed by atoms with van der Waals surface area (Å²) in [6, 6.07) is 13.3. The predicted octanol–water partition coefficient (Wildman–Crippen LogP) is 4.17. The van der Waals surface area contributed by atoms with Crippen LogP contribution in [0.1, 0.15) is 26.3 Å². The molecule has 2 rings (SSSR count). The van der Waals surface area contributed by atoms with Crippen LogP contribution < -0.4 is 9.62 Å². The molecule has 0 bridgehead atoms. The van der Waals surface area contributed by atoms with Gasteiger partial charge in [-0.3, -0.25) is 13.9 Å². The van der Waals surface area contributed by atoms with E-state index in [1.54, 1.807) is 31.2 Å². The van der Waals surface area contributed by atoms with Crippen LogP contribution >= 0.6 is 31.9 Å². The molecular formula is C23H29Br2N3O4S. The lowest BCUT2D eigenvalue weighted by molar-refractivity contribution is -0.139. The molecule has 0 heterocycles. The van der Waals surface area contributed by atoms with Crippen LogP contribution in [-0.4, -0.2) is 50.5 Å². The third-order valence-corrected chi connectivity index (χ3v) is 7.11. The molecule has 0 radical (unpaired) electrons. The quantitative estimate of drug-likeness (QED) is 0.442. The van der Waals surface area contributed by atoms with Crippen LogP contribution in [0.3, 0.4) is 0 Å². The zero-order chi connectivity index (χ0) is 24.8. The molecule has 0 saturated carbocycles. The monoisotopic (exact) mass is 601 g/mol. The number of sulfonamides is 1. The van der Waals surface area contributed by atoms with Crippen LogP contribution in [-0.2, 0) is 26.2 Å². The van der Waals surface area contributed by atoms with Gasteiger partial charge >= 0.3 is 0 Å². The topological polar surface area (TPSA) is 86.8 Å². The Morgan fingerprint density at radius 2 is 1.45 bits per heavy atom. The average molecular weight is 603 g/mol. The van der Waals surface area contributed by atoms with E-state index in [9.17, 15) is 18.0 Å². The number of benzene rings is 2. The number of hydrogen-bond donors (Lipinski definition) is 1. The van der Waals surface area contributed by atoms with Gasteiger partial charge in [0.2, 0.25) is 21.8 Å². The lowest BCUT2D eigenvalue weighted by Crippen LogP contribution is -2.51. The molecule has 180 valence electrons. The number of amides is 2. The van der Waals surface area contributed by atoms with Crippen LogP contribution in [0.5, 0.6) is 0 Å². The van der Waals surface area contributed by atoms with Crippen LogP contribution in [0, 0.1) is 5.92 Å². The van der Waals surface area contributed by atoms with E-state index >= 15 is 0 Å². The number of carbonyl (C=O) groups is 2. The molecule has 0 aromatic heterocycles. The van der Waals surface area contributed by atoms with E-state index in [0.717, 1.165) is 25.1 Å². The molecule has 0 saturated heterocycles. The highest BCUT2D eigenvalue weighted by atomic mass is 79.9. The van der Waals surface area contributed by atoms with E-state index in [1.165, 1.54) is 4.90 Å². The minimum absolute atomic E-state index is 0.167. The van der Waals surface area contributed by atoms with Crippen molar-refractivity contribution in [1.82, 2.24) is 10.2 Å². The number of carbonyl (C=O) groups excluding carboxylic acids is 2. The van der Waals surface area contributed by atoms with Crippen molar-refractivity contribution < 1.29 is 18.0 Å². The van der Waals surface area contributed by atoms with Crippen molar-refractivity contribution in [1.29, 1.82) is 0 Å². The summed E-state index contributed by atoms with van der Waals surface area (Å²) in [5.74, 6) is -0.503. The SMILES string of the molecule is CC(C)CNC(=O)[C@@H](C)N(Cc1ccc(Br)cc1)C(=O)CN(c1ccc(Br)cc1)S(C)(=O)=O. The fourth-order valence-electron chi connectivity index (χ4n) is 3.04. The summed E-state index contributed by atoms with van der Waals surface area (Å²) in [6.07, 6.45) is 1.06. The summed E-state index contributed by atoms with van der Waals surface area (Å²) < 4.78 is 27.8. The van der Waals surface area contributed by atoms with Crippen molar-refractivity contribution in [3.63, 3.8) is 0 Å². The number of rotatable bonds is 10. The van der Waals surface area contributed by atoms with Crippen molar-refractivity contribution in [2.45, 2.75) is 33.4 Å². The van der Waals surface area contributed by atoms with Crippen LogP contribution in [0.4, 0.5) is 5.69 Å². The highest BCUT2D eigenvalue weighted by molar-refractivity contribution is 9.10. The molecule has 10 heteroatoms. The Morgan fingerprint density at radius 3 is 1.94 bits per heavy atom. The summed E-state index contributed by atoms with van der Waals surface area (Å²) in [4.78, 5) is 27.6. The second kappa shape index (κ2) is 12.0. The number of hydrogen-bond acceptors (Lipinski definition) is 4. The Kier molecular flexibility index (Phi) is 9.93. The van der Waals surface area contributed by atoms with Gasteiger partial charge in [0.05, 0.1) is 11.9 Å². The summed E-state index contributed by atoms with van der Waals surface area (Å²) in [5.41, 5.74) is 1.19. The summed E-state index contributed by atoms with van der Waals surface area (Å²) in [6.45, 7) is 5.85. The molecule has 1 N–H and O–H groups in total. The lowest BCUT2D eigenvalue weighted by atomic mass is 10.1. The van der Waals surface area contributed by atoms with Gasteiger partial charge in [-0.1, -0.05) is 57.8 Å². The van der Waals surface area contributed by atoms with E-state index < -0.39 is 28.5 Å². The number of anilines is 1. The molecule has 7 nitrogen and oxygen atoms in total. The minimum Gasteiger partial charge on any atom is -0.354 e. The van der Waals surface area contributed by atoms with Gasteiger partial charge in [-0.2, -0.15) is 0 Å². The third-order valence-electron chi connectivity index (χ3n) is 4.91. The number of nitrogens with zero attached hydrogens (tertiary/aromatic N) is 2. The van der Waals surface area contributed by atoms with Gasteiger partial charge in [-0.25, -0.2) is 8.42 Å². The van der Waals surface area contributed by atoms with Gasteiger partial charge in [0.1, 0.15) is 12.6 Å². The van der Waals surface area contributed by atoms with Crippen LogP contribution in [0.2, 0.25) is 0 Å². The molecule has 0 aliphatic carbocycles. The first-order valence-electron chi connectivity index (χ1n) is 10.4. The summed E-state index contributed by atoms with van der Waals surface area (Å²) >= 11 is 6.72. The third kappa shape index (κ3) is 8.42. The van der Waals surface area contributed by atoms with Gasteiger partial charge in [-0.05, 0) is 54.8 Å². The largest absolute Gasteiger partial charge is 0.354 e.